The summed E-state index contributed by atoms with van der Waals surface area (Å²) in [7, 11) is 1.44. The van der Waals surface area contributed by atoms with E-state index in [-0.39, 0.29) is 69.8 Å². The van der Waals surface area contributed by atoms with Crippen molar-refractivity contribution in [1.29, 1.82) is 5.26 Å². The molecule has 3 aliphatic rings. The summed E-state index contributed by atoms with van der Waals surface area (Å²) in [6.07, 6.45) is 2.76. The molecule has 3 saturated carbocycles. The number of nitrogens with one attached hydrogen (secondary N) is 2. The van der Waals surface area contributed by atoms with Gasteiger partial charge in [-0.3, -0.25) is 14.4 Å². The highest BCUT2D eigenvalue weighted by molar-refractivity contribution is 5.98. The number of ether oxygens (including phenoxy) is 2. The molecule has 0 radical (unpaired) electrons. The number of nitriles is 1. The summed E-state index contributed by atoms with van der Waals surface area (Å²) >= 11 is 0. The van der Waals surface area contributed by atoms with Gasteiger partial charge in [-0.05, 0) is 68.3 Å². The van der Waals surface area contributed by atoms with E-state index < -0.39 is 11.4 Å². The van der Waals surface area contributed by atoms with Crippen LogP contribution in [0.3, 0.4) is 0 Å². The van der Waals surface area contributed by atoms with Gasteiger partial charge >= 0.3 is 5.97 Å². The lowest BCUT2D eigenvalue weighted by Gasteiger charge is -2.34. The summed E-state index contributed by atoms with van der Waals surface area (Å²) in [5.41, 5.74) is -0.348. The van der Waals surface area contributed by atoms with Crippen molar-refractivity contribution in [2.24, 2.45) is 34.5 Å². The molecular weight excluding hydrogens is 498 g/mol. The van der Waals surface area contributed by atoms with E-state index in [2.05, 4.69) is 44.4 Å². The maximum atomic E-state index is 13.6. The summed E-state index contributed by atoms with van der Waals surface area (Å²) < 4.78 is 11.6. The summed E-state index contributed by atoms with van der Waals surface area (Å²) in [5, 5.41) is 25.5. The third-order valence-electron chi connectivity index (χ3n) is 8.89. The molecule has 3 fully saturated rings. The molecule has 39 heavy (non-hydrogen) atoms. The van der Waals surface area contributed by atoms with Gasteiger partial charge in [0.1, 0.15) is 17.6 Å². The minimum atomic E-state index is -0.814. The number of fused-ring (bicyclic) bond motifs is 1. The van der Waals surface area contributed by atoms with Crippen molar-refractivity contribution < 1.29 is 29.0 Å². The molecule has 0 heterocycles. The van der Waals surface area contributed by atoms with E-state index in [1.807, 2.05) is 0 Å². The van der Waals surface area contributed by atoms with Crippen LogP contribution in [0.2, 0.25) is 0 Å². The Balaban J connectivity index is 1.52. The van der Waals surface area contributed by atoms with Gasteiger partial charge in [0.25, 0.3) is 5.91 Å². The number of hydrogen-bond acceptors (Lipinski definition) is 6. The van der Waals surface area contributed by atoms with Gasteiger partial charge in [0, 0.05) is 18.7 Å². The first-order valence-corrected chi connectivity index (χ1v) is 13.9. The van der Waals surface area contributed by atoms with Crippen LogP contribution in [-0.4, -0.2) is 48.7 Å². The Labute approximate surface area is 230 Å². The number of hydrogen-bond donors (Lipinski definition) is 3. The maximum absolute atomic E-state index is 13.6. The van der Waals surface area contributed by atoms with Gasteiger partial charge in [-0.2, -0.15) is 5.26 Å². The second-order valence-corrected chi connectivity index (χ2v) is 13.1. The van der Waals surface area contributed by atoms with E-state index in [9.17, 15) is 24.8 Å². The minimum Gasteiger partial charge on any atom is -0.496 e. The van der Waals surface area contributed by atoms with Gasteiger partial charge in [-0.25, -0.2) is 0 Å². The van der Waals surface area contributed by atoms with Gasteiger partial charge in [-0.1, -0.05) is 27.7 Å². The molecule has 9 nitrogen and oxygen atoms in total. The molecular formula is C30H41N3O6. The standard InChI is InChI=1S/C30H41N3O6/c1-16-19-12-20(19)24(27(35)32-15-29(2,3)4)25(16)33-26(34)21-13-22(17(14-31)11-23(21)38-6)39-18-7-9-30(5,10-8-18)28(36)37/h11,13,16,18-20,24-25H,7-10,12,15H2,1-6H3,(H,32,35)(H,33,34)(H,36,37)/t16-,18-,19?,20-,24-,25+,30+/m0/s1. The van der Waals surface area contributed by atoms with Gasteiger partial charge in [0.05, 0.1) is 35.7 Å². The molecule has 5 atom stereocenters. The minimum absolute atomic E-state index is 0.0199. The molecule has 0 saturated heterocycles. The Morgan fingerprint density at radius 2 is 1.82 bits per heavy atom. The molecule has 1 aromatic rings. The molecule has 9 heteroatoms. The molecule has 1 unspecified atom stereocenters. The van der Waals surface area contributed by atoms with E-state index in [0.29, 0.717) is 38.1 Å². The number of nitrogens with zero attached hydrogens (tertiary/aromatic N) is 1. The lowest BCUT2D eigenvalue weighted by atomic mass is 9.75. The zero-order chi connectivity index (χ0) is 28.7. The van der Waals surface area contributed by atoms with Crippen molar-refractivity contribution in [2.75, 3.05) is 13.7 Å². The van der Waals surface area contributed by atoms with Gasteiger partial charge in [0.15, 0.2) is 0 Å². The lowest BCUT2D eigenvalue weighted by Crippen LogP contribution is -2.49. The molecule has 0 aromatic heterocycles. The van der Waals surface area contributed by atoms with Crippen LogP contribution >= 0.6 is 0 Å². The smallest absolute Gasteiger partial charge is 0.309 e. The highest BCUT2D eigenvalue weighted by Gasteiger charge is 2.60. The van der Waals surface area contributed by atoms with E-state index >= 15 is 0 Å². The lowest BCUT2D eigenvalue weighted by molar-refractivity contribution is -0.150. The number of carboxylic acids is 1. The molecule has 212 valence electrons. The summed E-state index contributed by atoms with van der Waals surface area (Å²) in [4.78, 5) is 38.4. The fourth-order valence-electron chi connectivity index (χ4n) is 6.22. The van der Waals surface area contributed by atoms with Gasteiger partial charge in [0.2, 0.25) is 5.91 Å². The molecule has 1 aromatic carbocycles. The Morgan fingerprint density at radius 3 is 2.38 bits per heavy atom. The van der Waals surface area contributed by atoms with Crippen LogP contribution < -0.4 is 20.1 Å². The zero-order valence-electron chi connectivity index (χ0n) is 23.8. The van der Waals surface area contributed by atoms with E-state index in [0.717, 1.165) is 6.42 Å². The van der Waals surface area contributed by atoms with Crippen molar-refractivity contribution in [3.63, 3.8) is 0 Å². The van der Waals surface area contributed by atoms with Crippen LogP contribution in [0.1, 0.15) is 82.6 Å². The number of rotatable bonds is 8. The van der Waals surface area contributed by atoms with E-state index in [1.54, 1.807) is 6.92 Å². The average molecular weight is 540 g/mol. The van der Waals surface area contributed by atoms with Crippen LogP contribution in [0.5, 0.6) is 11.5 Å². The fraction of sp³-hybridized carbons (Fsp3) is 0.667. The Kier molecular flexibility index (Phi) is 7.89. The molecule has 3 N–H and O–H groups in total. The Bertz CT molecular complexity index is 1170. The van der Waals surface area contributed by atoms with Crippen molar-refractivity contribution in [2.45, 2.75) is 78.9 Å². The molecule has 0 bridgehead atoms. The first-order valence-electron chi connectivity index (χ1n) is 13.9. The van der Waals surface area contributed by atoms with Crippen molar-refractivity contribution in [3.05, 3.63) is 23.3 Å². The fourth-order valence-corrected chi connectivity index (χ4v) is 6.22. The normalized spacial score (nSPS) is 31.4. The molecule has 4 rings (SSSR count). The quantitative estimate of drug-likeness (QED) is 0.451. The largest absolute Gasteiger partial charge is 0.496 e. The monoisotopic (exact) mass is 539 g/mol. The van der Waals surface area contributed by atoms with Crippen molar-refractivity contribution >= 4 is 17.8 Å². The Morgan fingerprint density at radius 1 is 1.15 bits per heavy atom. The van der Waals surface area contributed by atoms with E-state index in [4.69, 9.17) is 9.47 Å². The van der Waals surface area contributed by atoms with Crippen LogP contribution in [0.15, 0.2) is 12.1 Å². The van der Waals surface area contributed by atoms with E-state index in [1.165, 1.54) is 19.2 Å². The number of amides is 2. The number of carbonyl (C=O) groups excluding carboxylic acids is 2. The van der Waals surface area contributed by atoms with Crippen LogP contribution in [0.4, 0.5) is 0 Å². The van der Waals surface area contributed by atoms with Gasteiger partial charge in [-0.15, -0.1) is 0 Å². The number of methoxy groups -OCH3 is 1. The summed E-state index contributed by atoms with van der Waals surface area (Å²) in [5.74, 6) is -0.121. The maximum Gasteiger partial charge on any atom is 0.309 e. The third-order valence-corrected chi connectivity index (χ3v) is 8.89. The zero-order valence-corrected chi connectivity index (χ0v) is 23.8. The highest BCUT2D eigenvalue weighted by Crippen LogP contribution is 2.58. The predicted molar refractivity (Wildman–Crippen MR) is 144 cm³/mol. The molecule has 2 amide bonds. The predicted octanol–water partition coefficient (Wildman–Crippen LogP) is 4.14. The highest BCUT2D eigenvalue weighted by atomic mass is 16.5. The van der Waals surface area contributed by atoms with Crippen molar-refractivity contribution in [1.82, 2.24) is 10.6 Å². The molecule has 0 aliphatic heterocycles. The molecule has 0 spiro atoms. The van der Waals surface area contributed by atoms with Crippen LogP contribution in [0, 0.1) is 45.8 Å². The topological polar surface area (TPSA) is 138 Å². The van der Waals surface area contributed by atoms with Gasteiger partial charge < -0.3 is 25.2 Å². The summed E-state index contributed by atoms with van der Waals surface area (Å²) in [6.45, 7) is 10.6. The van der Waals surface area contributed by atoms with Crippen molar-refractivity contribution in [3.8, 4) is 17.6 Å². The third kappa shape index (κ3) is 6.00. The first-order chi connectivity index (χ1) is 18.3. The second kappa shape index (κ2) is 10.7. The number of benzene rings is 1. The molecule has 3 aliphatic carbocycles. The first kappa shape index (κ1) is 28.7. The number of carboxylic acid groups (broad SMARTS) is 1. The van der Waals surface area contributed by atoms with Crippen LogP contribution in [0.25, 0.3) is 0 Å². The summed E-state index contributed by atoms with van der Waals surface area (Å²) in [6, 6.07) is 4.84. The second-order valence-electron chi connectivity index (χ2n) is 13.1. The SMILES string of the molecule is COc1cc(C#N)c(O[C@H]2CC[C@@](C)(C(=O)O)CC2)cc1C(=O)N[C@H]1[C@@H](C(=O)NCC(C)(C)C)[C@H]2CC2[C@@H]1C. The van der Waals surface area contributed by atoms with Crippen LogP contribution in [-0.2, 0) is 9.59 Å². The number of carbonyl (C=O) groups is 3. The number of aliphatic carboxylic acids is 1. The average Bonchev–Trinajstić information content (AvgIpc) is 3.62. The Hall–Kier alpha value is -3.28.